The number of hydrogen-bond acceptors (Lipinski definition) is 2. The quantitative estimate of drug-likeness (QED) is 0.405. The van der Waals surface area contributed by atoms with E-state index in [2.05, 4.69) is 61.2 Å². The molecule has 0 fully saturated rings. The Morgan fingerprint density at radius 2 is 1.10 bits per heavy atom. The lowest BCUT2D eigenvalue weighted by Crippen LogP contribution is -1.98. The number of rotatable bonds is 0. The normalized spacial score (nSPS) is 11.7. The molecule has 3 aromatic carbocycles. The molecule has 0 atom stereocenters. The molecule has 104 valence electrons. The lowest BCUT2D eigenvalue weighted by atomic mass is 10.0. The number of benzene rings is 3. The molecule has 1 aliphatic heterocycles. The summed E-state index contributed by atoms with van der Waals surface area (Å²) in [7, 11) is 0. The van der Waals surface area contributed by atoms with Gasteiger partial charge in [0.1, 0.15) is 0 Å². The Bertz CT molecular complexity index is 633. The van der Waals surface area contributed by atoms with E-state index in [0.29, 0.717) is 0 Å². The van der Waals surface area contributed by atoms with Crippen LogP contribution in [0.4, 0.5) is 0 Å². The van der Waals surface area contributed by atoms with E-state index in [1.807, 2.05) is 42.1 Å². The zero-order valence-corrected chi connectivity index (χ0v) is 13.3. The fourth-order valence-electron chi connectivity index (χ4n) is 2.25. The van der Waals surface area contributed by atoms with Crippen molar-refractivity contribution in [2.75, 3.05) is 0 Å². The Morgan fingerprint density at radius 1 is 0.619 bits per heavy atom. The third kappa shape index (κ3) is 3.72. The zero-order valence-electron chi connectivity index (χ0n) is 11.6. The molecule has 0 aliphatic carbocycles. The van der Waals surface area contributed by atoms with Crippen molar-refractivity contribution in [1.29, 1.82) is 0 Å². The van der Waals surface area contributed by atoms with Gasteiger partial charge in [0.25, 0.3) is 0 Å². The van der Waals surface area contributed by atoms with Gasteiger partial charge in [-0.25, -0.2) is 0 Å². The average Bonchev–Trinajstić information content (AvgIpc) is 2.54. The Morgan fingerprint density at radius 3 is 1.57 bits per heavy atom. The Balaban J connectivity index is 0.000000160. The summed E-state index contributed by atoms with van der Waals surface area (Å²) < 4.78 is 0. The first-order chi connectivity index (χ1) is 10.3. The van der Waals surface area contributed by atoms with E-state index >= 15 is 0 Å². The molecule has 21 heavy (non-hydrogen) atoms. The lowest BCUT2D eigenvalue weighted by Gasteiger charge is -2.17. The summed E-state index contributed by atoms with van der Waals surface area (Å²) >= 11 is 5.97. The third-order valence-electron chi connectivity index (χ3n) is 3.30. The molecule has 0 aromatic heterocycles. The van der Waals surface area contributed by atoms with E-state index in [9.17, 15) is 0 Å². The molecule has 3 aromatic rings. The molecular formula is C19H16S2. The Labute approximate surface area is 135 Å². The molecule has 0 N–H and O–H groups in total. The van der Waals surface area contributed by atoms with Gasteiger partial charge in [-0.3, -0.25) is 0 Å². The predicted molar refractivity (Wildman–Crippen MR) is 93.5 cm³/mol. The van der Waals surface area contributed by atoms with Crippen molar-refractivity contribution in [1.82, 2.24) is 0 Å². The van der Waals surface area contributed by atoms with Crippen LogP contribution in [0.25, 0.3) is 0 Å². The van der Waals surface area contributed by atoms with E-state index in [1.54, 1.807) is 0 Å². The second kappa shape index (κ2) is 6.88. The maximum atomic E-state index is 4.08. The minimum atomic E-state index is 1.02. The molecule has 0 nitrogen and oxygen atoms in total. The van der Waals surface area contributed by atoms with Crippen LogP contribution in [0, 0.1) is 0 Å². The highest BCUT2D eigenvalue weighted by molar-refractivity contribution is 7.99. The second-order valence-corrected chi connectivity index (χ2v) is 6.43. The standard InChI is InChI=1S/C13H10S.C6H6S/c1-3-7-12-10(5-1)9-11-6-2-4-8-13(11)14-12;7-6-4-2-1-3-5-6/h1-8H,9H2;1-5,7H. The van der Waals surface area contributed by atoms with Crippen LogP contribution in [-0.4, -0.2) is 0 Å². The van der Waals surface area contributed by atoms with E-state index in [4.69, 9.17) is 0 Å². The molecule has 0 spiro atoms. The fraction of sp³-hybridized carbons (Fsp3) is 0.0526. The highest BCUT2D eigenvalue weighted by atomic mass is 32.2. The van der Waals surface area contributed by atoms with E-state index in [0.717, 1.165) is 11.3 Å². The second-order valence-electron chi connectivity index (χ2n) is 4.83. The van der Waals surface area contributed by atoms with Gasteiger partial charge in [-0.15, -0.1) is 12.6 Å². The van der Waals surface area contributed by atoms with Gasteiger partial charge in [0.2, 0.25) is 0 Å². The van der Waals surface area contributed by atoms with Gasteiger partial charge in [-0.05, 0) is 41.8 Å². The van der Waals surface area contributed by atoms with Crippen molar-refractivity contribution in [2.24, 2.45) is 0 Å². The number of fused-ring (bicyclic) bond motifs is 2. The maximum absolute atomic E-state index is 4.08. The summed E-state index contributed by atoms with van der Waals surface area (Å²) in [5, 5.41) is 0. The minimum absolute atomic E-state index is 1.02. The minimum Gasteiger partial charge on any atom is -0.143 e. The van der Waals surface area contributed by atoms with Crippen LogP contribution in [0.1, 0.15) is 11.1 Å². The van der Waals surface area contributed by atoms with Crippen LogP contribution >= 0.6 is 24.4 Å². The van der Waals surface area contributed by atoms with Gasteiger partial charge >= 0.3 is 0 Å². The van der Waals surface area contributed by atoms with E-state index in [1.165, 1.54) is 20.9 Å². The first-order valence-corrected chi connectivity index (χ1v) is 8.17. The van der Waals surface area contributed by atoms with Gasteiger partial charge in [0.15, 0.2) is 0 Å². The predicted octanol–water partition coefficient (Wildman–Crippen LogP) is 5.72. The molecular weight excluding hydrogens is 292 g/mol. The van der Waals surface area contributed by atoms with Crippen LogP contribution in [-0.2, 0) is 6.42 Å². The van der Waals surface area contributed by atoms with Crippen LogP contribution in [0.15, 0.2) is 93.5 Å². The van der Waals surface area contributed by atoms with Gasteiger partial charge in [-0.1, -0.05) is 66.4 Å². The molecule has 2 heteroatoms. The number of hydrogen-bond donors (Lipinski definition) is 1. The van der Waals surface area contributed by atoms with Gasteiger partial charge in [0.05, 0.1) is 0 Å². The monoisotopic (exact) mass is 308 g/mol. The maximum Gasteiger partial charge on any atom is 0.0157 e. The van der Waals surface area contributed by atoms with Gasteiger partial charge < -0.3 is 0 Å². The molecule has 0 unspecified atom stereocenters. The van der Waals surface area contributed by atoms with E-state index in [-0.39, 0.29) is 0 Å². The van der Waals surface area contributed by atoms with Crippen molar-refractivity contribution in [3.8, 4) is 0 Å². The summed E-state index contributed by atoms with van der Waals surface area (Å²) in [5.74, 6) is 0. The molecule has 0 saturated carbocycles. The summed E-state index contributed by atoms with van der Waals surface area (Å²) in [6.07, 6.45) is 1.08. The molecule has 0 radical (unpaired) electrons. The van der Waals surface area contributed by atoms with Crippen molar-refractivity contribution in [3.05, 3.63) is 90.0 Å². The van der Waals surface area contributed by atoms with Crippen LogP contribution in [0.2, 0.25) is 0 Å². The van der Waals surface area contributed by atoms with Crippen molar-refractivity contribution < 1.29 is 0 Å². The smallest absolute Gasteiger partial charge is 0.0157 e. The topological polar surface area (TPSA) is 0 Å². The fourth-order valence-corrected chi connectivity index (χ4v) is 3.50. The van der Waals surface area contributed by atoms with Crippen LogP contribution in [0.5, 0.6) is 0 Å². The SMILES string of the molecule is Sc1ccccc1.c1ccc2c(c1)Cc1ccccc1S2. The summed E-state index contributed by atoms with van der Waals surface area (Å²) in [6, 6.07) is 27.1. The third-order valence-corrected chi connectivity index (χ3v) is 4.84. The van der Waals surface area contributed by atoms with Crippen molar-refractivity contribution >= 4 is 24.4 Å². The molecule has 4 rings (SSSR count). The lowest BCUT2D eigenvalue weighted by molar-refractivity contribution is 1.06. The van der Waals surface area contributed by atoms with Gasteiger partial charge in [0, 0.05) is 14.7 Å². The molecule has 0 amide bonds. The molecule has 1 aliphatic rings. The Kier molecular flexibility index (Phi) is 4.69. The van der Waals surface area contributed by atoms with Crippen molar-refractivity contribution in [2.45, 2.75) is 21.1 Å². The summed E-state index contributed by atoms with van der Waals surface area (Å²) in [5.41, 5.74) is 2.91. The highest BCUT2D eigenvalue weighted by Gasteiger charge is 2.13. The van der Waals surface area contributed by atoms with Crippen LogP contribution < -0.4 is 0 Å². The van der Waals surface area contributed by atoms with Gasteiger partial charge in [-0.2, -0.15) is 0 Å². The summed E-state index contributed by atoms with van der Waals surface area (Å²) in [6.45, 7) is 0. The first kappa shape index (κ1) is 14.3. The summed E-state index contributed by atoms with van der Waals surface area (Å²) in [4.78, 5) is 3.83. The average molecular weight is 308 g/mol. The molecule has 0 saturated heterocycles. The Hall–Kier alpha value is -1.64. The molecule has 0 bridgehead atoms. The van der Waals surface area contributed by atoms with Crippen molar-refractivity contribution in [3.63, 3.8) is 0 Å². The van der Waals surface area contributed by atoms with E-state index < -0.39 is 0 Å². The molecule has 1 heterocycles. The van der Waals surface area contributed by atoms with Crippen LogP contribution in [0.3, 0.4) is 0 Å². The first-order valence-electron chi connectivity index (χ1n) is 6.90. The highest BCUT2D eigenvalue weighted by Crippen LogP contribution is 2.38. The largest absolute Gasteiger partial charge is 0.143 e. The number of thiol groups is 1. The zero-order chi connectivity index (χ0) is 14.5.